The molecule has 1 N–H and O–H groups in total. The standard InChI is InChI=1S/C19H23FO3/c1-14(21)19(2,3)13-22-12-15-9-10-17(20)18(11-15)23-16-7-5-4-6-8-16/h4-11,14,21H,12-13H2,1-3H3. The Morgan fingerprint density at radius 2 is 1.83 bits per heavy atom. The van der Waals surface area contributed by atoms with Gasteiger partial charge in [-0.3, -0.25) is 0 Å². The molecule has 1 atom stereocenters. The molecule has 0 amide bonds. The predicted octanol–water partition coefficient (Wildman–Crippen LogP) is 4.54. The highest BCUT2D eigenvalue weighted by molar-refractivity contribution is 5.35. The summed E-state index contributed by atoms with van der Waals surface area (Å²) in [6.45, 7) is 6.37. The molecule has 2 aromatic carbocycles. The van der Waals surface area contributed by atoms with E-state index in [1.54, 1.807) is 31.2 Å². The van der Waals surface area contributed by atoms with Crippen LogP contribution in [0.4, 0.5) is 4.39 Å². The Hall–Kier alpha value is -1.91. The molecule has 0 fully saturated rings. The van der Waals surface area contributed by atoms with Crippen LogP contribution >= 0.6 is 0 Å². The van der Waals surface area contributed by atoms with Crippen molar-refractivity contribution in [3.63, 3.8) is 0 Å². The molecule has 0 aliphatic rings. The molecular formula is C19H23FO3. The molecule has 0 aromatic heterocycles. The maximum atomic E-state index is 13.9. The van der Waals surface area contributed by atoms with Gasteiger partial charge in [-0.2, -0.15) is 0 Å². The molecule has 2 aromatic rings. The number of aliphatic hydroxyl groups is 1. The molecule has 0 saturated carbocycles. The van der Waals surface area contributed by atoms with E-state index in [9.17, 15) is 9.50 Å². The Bertz CT molecular complexity index is 624. The van der Waals surface area contributed by atoms with E-state index in [1.807, 2.05) is 32.0 Å². The van der Waals surface area contributed by atoms with Crippen molar-refractivity contribution in [2.75, 3.05) is 6.61 Å². The number of rotatable bonds is 7. The van der Waals surface area contributed by atoms with Crippen LogP contribution in [0.25, 0.3) is 0 Å². The summed E-state index contributed by atoms with van der Waals surface area (Å²) in [5, 5.41) is 9.67. The monoisotopic (exact) mass is 318 g/mol. The van der Waals surface area contributed by atoms with Crippen LogP contribution in [-0.4, -0.2) is 17.8 Å². The molecule has 0 bridgehead atoms. The van der Waals surface area contributed by atoms with Gasteiger partial charge in [-0.25, -0.2) is 4.39 Å². The quantitative estimate of drug-likeness (QED) is 0.814. The van der Waals surface area contributed by atoms with Crippen molar-refractivity contribution >= 4 is 0 Å². The number of ether oxygens (including phenoxy) is 2. The average Bonchev–Trinajstić information content (AvgIpc) is 2.51. The van der Waals surface area contributed by atoms with E-state index in [0.29, 0.717) is 19.0 Å². The number of hydrogen-bond donors (Lipinski definition) is 1. The van der Waals surface area contributed by atoms with Gasteiger partial charge in [-0.15, -0.1) is 0 Å². The summed E-state index contributed by atoms with van der Waals surface area (Å²) in [7, 11) is 0. The van der Waals surface area contributed by atoms with Gasteiger partial charge in [0.15, 0.2) is 11.6 Å². The SMILES string of the molecule is CC(O)C(C)(C)COCc1ccc(F)c(Oc2ccccc2)c1. The van der Waals surface area contributed by atoms with Crippen LogP contribution in [-0.2, 0) is 11.3 Å². The average molecular weight is 318 g/mol. The summed E-state index contributed by atoms with van der Waals surface area (Å²) in [5.41, 5.74) is 0.488. The molecule has 0 saturated heterocycles. The Morgan fingerprint density at radius 1 is 1.13 bits per heavy atom. The largest absolute Gasteiger partial charge is 0.454 e. The molecule has 1 unspecified atom stereocenters. The third kappa shape index (κ3) is 5.05. The normalized spacial score (nSPS) is 12.9. The molecule has 3 nitrogen and oxygen atoms in total. The number of aliphatic hydroxyl groups excluding tert-OH is 1. The molecule has 0 aliphatic heterocycles. The summed E-state index contributed by atoms with van der Waals surface area (Å²) >= 11 is 0. The molecule has 23 heavy (non-hydrogen) atoms. The third-order valence-corrected chi connectivity index (χ3v) is 3.84. The zero-order chi connectivity index (χ0) is 16.9. The van der Waals surface area contributed by atoms with Crippen molar-refractivity contribution in [3.8, 4) is 11.5 Å². The Labute approximate surface area is 136 Å². The van der Waals surface area contributed by atoms with Gasteiger partial charge in [0.1, 0.15) is 5.75 Å². The molecule has 2 rings (SSSR count). The van der Waals surface area contributed by atoms with Gasteiger partial charge in [0.2, 0.25) is 0 Å². The lowest BCUT2D eigenvalue weighted by molar-refractivity contribution is -0.0206. The highest BCUT2D eigenvalue weighted by Crippen LogP contribution is 2.26. The molecule has 0 aliphatic carbocycles. The van der Waals surface area contributed by atoms with Crippen molar-refractivity contribution in [3.05, 3.63) is 59.9 Å². The second kappa shape index (κ2) is 7.57. The van der Waals surface area contributed by atoms with E-state index < -0.39 is 11.9 Å². The van der Waals surface area contributed by atoms with Crippen LogP contribution in [0.1, 0.15) is 26.3 Å². The highest BCUT2D eigenvalue weighted by atomic mass is 19.1. The van der Waals surface area contributed by atoms with Gasteiger partial charge in [-0.1, -0.05) is 38.1 Å². The minimum Gasteiger partial charge on any atom is -0.454 e. The van der Waals surface area contributed by atoms with Crippen molar-refractivity contribution < 1.29 is 19.0 Å². The lowest BCUT2D eigenvalue weighted by Crippen LogP contribution is -2.31. The zero-order valence-corrected chi connectivity index (χ0v) is 13.8. The van der Waals surface area contributed by atoms with Gasteiger partial charge in [0.25, 0.3) is 0 Å². The Balaban J connectivity index is 2.00. The van der Waals surface area contributed by atoms with Crippen LogP contribution in [0.15, 0.2) is 48.5 Å². The fraction of sp³-hybridized carbons (Fsp3) is 0.368. The predicted molar refractivity (Wildman–Crippen MR) is 88.0 cm³/mol. The molecule has 0 spiro atoms. The summed E-state index contributed by atoms with van der Waals surface area (Å²) in [5.74, 6) is 0.341. The summed E-state index contributed by atoms with van der Waals surface area (Å²) < 4.78 is 25.1. The number of halogens is 1. The Morgan fingerprint density at radius 3 is 2.48 bits per heavy atom. The van der Waals surface area contributed by atoms with Crippen LogP contribution in [0.3, 0.4) is 0 Å². The van der Waals surface area contributed by atoms with E-state index in [4.69, 9.17) is 9.47 Å². The van der Waals surface area contributed by atoms with Crippen molar-refractivity contribution in [1.29, 1.82) is 0 Å². The van der Waals surface area contributed by atoms with Crippen molar-refractivity contribution in [2.45, 2.75) is 33.5 Å². The van der Waals surface area contributed by atoms with Crippen LogP contribution in [0.2, 0.25) is 0 Å². The first-order valence-corrected chi connectivity index (χ1v) is 7.65. The first-order valence-electron chi connectivity index (χ1n) is 7.65. The van der Waals surface area contributed by atoms with E-state index >= 15 is 0 Å². The minimum atomic E-state index is -0.465. The smallest absolute Gasteiger partial charge is 0.165 e. The lowest BCUT2D eigenvalue weighted by atomic mass is 9.89. The first-order chi connectivity index (χ1) is 10.9. The summed E-state index contributed by atoms with van der Waals surface area (Å²) in [6, 6.07) is 13.8. The fourth-order valence-corrected chi connectivity index (χ4v) is 1.88. The number of hydrogen-bond acceptors (Lipinski definition) is 3. The van der Waals surface area contributed by atoms with Gasteiger partial charge in [-0.05, 0) is 36.8 Å². The van der Waals surface area contributed by atoms with Crippen LogP contribution in [0.5, 0.6) is 11.5 Å². The first kappa shape index (κ1) is 17.4. The molecule has 0 radical (unpaired) electrons. The maximum absolute atomic E-state index is 13.9. The molecule has 0 heterocycles. The van der Waals surface area contributed by atoms with E-state index in [1.165, 1.54) is 6.07 Å². The lowest BCUT2D eigenvalue weighted by Gasteiger charge is -2.27. The molecular weight excluding hydrogens is 295 g/mol. The fourth-order valence-electron chi connectivity index (χ4n) is 1.88. The number of benzene rings is 2. The Kier molecular flexibility index (Phi) is 5.74. The third-order valence-electron chi connectivity index (χ3n) is 3.84. The van der Waals surface area contributed by atoms with E-state index in [0.717, 1.165) is 5.56 Å². The second-order valence-corrected chi connectivity index (χ2v) is 6.34. The van der Waals surface area contributed by atoms with Crippen molar-refractivity contribution in [1.82, 2.24) is 0 Å². The second-order valence-electron chi connectivity index (χ2n) is 6.34. The van der Waals surface area contributed by atoms with Gasteiger partial charge < -0.3 is 14.6 Å². The van der Waals surface area contributed by atoms with Crippen LogP contribution in [0, 0.1) is 11.2 Å². The summed E-state index contributed by atoms with van der Waals surface area (Å²) in [6.07, 6.45) is -0.465. The topological polar surface area (TPSA) is 38.7 Å². The van der Waals surface area contributed by atoms with E-state index in [2.05, 4.69) is 0 Å². The number of para-hydroxylation sites is 1. The minimum absolute atomic E-state index is 0.173. The van der Waals surface area contributed by atoms with E-state index in [-0.39, 0.29) is 11.2 Å². The van der Waals surface area contributed by atoms with Gasteiger partial charge in [0, 0.05) is 5.41 Å². The maximum Gasteiger partial charge on any atom is 0.165 e. The molecule has 124 valence electrons. The summed E-state index contributed by atoms with van der Waals surface area (Å²) in [4.78, 5) is 0. The van der Waals surface area contributed by atoms with Gasteiger partial charge >= 0.3 is 0 Å². The zero-order valence-electron chi connectivity index (χ0n) is 13.8. The highest BCUT2D eigenvalue weighted by Gasteiger charge is 2.24. The van der Waals surface area contributed by atoms with Crippen molar-refractivity contribution in [2.24, 2.45) is 5.41 Å². The van der Waals surface area contributed by atoms with Crippen LogP contribution < -0.4 is 4.74 Å². The molecule has 4 heteroatoms. The van der Waals surface area contributed by atoms with Gasteiger partial charge in [0.05, 0.1) is 19.3 Å².